The van der Waals surface area contributed by atoms with E-state index in [4.69, 9.17) is 5.73 Å². The van der Waals surface area contributed by atoms with Crippen molar-refractivity contribution in [1.29, 1.82) is 0 Å². The van der Waals surface area contributed by atoms with Gasteiger partial charge in [-0.3, -0.25) is 9.59 Å². The first-order chi connectivity index (χ1) is 12.2. The zero-order chi connectivity index (χ0) is 20.7. The van der Waals surface area contributed by atoms with E-state index in [1.807, 2.05) is 85.8 Å². The second-order valence-electron chi connectivity index (χ2n) is 9.48. The summed E-state index contributed by atoms with van der Waals surface area (Å²) in [6.07, 6.45) is 9.39. The number of ketones is 2. The average molecular weight is 366 g/mol. The Labute approximate surface area is 163 Å². The van der Waals surface area contributed by atoms with Crippen LogP contribution in [0.5, 0.6) is 0 Å². The Kier molecular flexibility index (Phi) is 5.38. The molecule has 0 bridgehead atoms. The molecule has 0 aromatic rings. The number of allylic oxidation sites excluding steroid dienone is 11. The Morgan fingerprint density at radius 2 is 1.22 bits per heavy atom. The summed E-state index contributed by atoms with van der Waals surface area (Å²) < 4.78 is 0. The predicted molar refractivity (Wildman–Crippen MR) is 112 cm³/mol. The molecule has 2 aliphatic carbocycles. The van der Waals surface area contributed by atoms with Gasteiger partial charge in [-0.1, -0.05) is 41.5 Å². The van der Waals surface area contributed by atoms with E-state index in [-0.39, 0.29) is 22.4 Å². The molecule has 0 atom stereocenters. The zero-order valence-electron chi connectivity index (χ0n) is 17.8. The number of carbonyl (C=O) groups is 2. The molecule has 0 heterocycles. The van der Waals surface area contributed by atoms with Crippen molar-refractivity contribution < 1.29 is 9.59 Å². The van der Waals surface area contributed by atoms with Crippen LogP contribution in [0.25, 0.3) is 0 Å². The standard InChI is InChI=1S/C24H31NO2/c1-14-9-16(11-18(21(14)26)23(3,4)5)12-20(25)17-10-15(2)22(27)19(13-17)24(6,7)8/h9-13H,25H2,1-8H3. The highest BCUT2D eigenvalue weighted by atomic mass is 16.1. The van der Waals surface area contributed by atoms with E-state index in [2.05, 4.69) is 0 Å². The minimum Gasteiger partial charge on any atom is -0.398 e. The van der Waals surface area contributed by atoms with Gasteiger partial charge in [-0.2, -0.15) is 0 Å². The first-order valence-electron chi connectivity index (χ1n) is 9.33. The maximum Gasteiger partial charge on any atom is 0.185 e. The van der Waals surface area contributed by atoms with Crippen molar-refractivity contribution >= 4 is 11.6 Å². The fraction of sp³-hybridized carbons (Fsp3) is 0.417. The van der Waals surface area contributed by atoms with E-state index in [1.54, 1.807) is 0 Å². The van der Waals surface area contributed by atoms with Crippen molar-refractivity contribution in [2.75, 3.05) is 0 Å². The molecule has 2 N–H and O–H groups in total. The third-order valence-electron chi connectivity index (χ3n) is 4.84. The lowest BCUT2D eigenvalue weighted by atomic mass is 9.77. The lowest BCUT2D eigenvalue weighted by Crippen LogP contribution is -2.22. The fourth-order valence-electron chi connectivity index (χ4n) is 3.20. The second kappa shape index (κ2) is 6.95. The third-order valence-corrected chi connectivity index (χ3v) is 4.84. The fourth-order valence-corrected chi connectivity index (χ4v) is 3.20. The molecule has 2 rings (SSSR count). The SMILES string of the molecule is CC1=CC(=CC(N)=C2C=C(C)C(=O)C(C(C)(C)C)=C2)C=C(C(C)(C)C)C1=O. The van der Waals surface area contributed by atoms with Gasteiger partial charge in [-0.05, 0) is 77.3 Å². The van der Waals surface area contributed by atoms with Gasteiger partial charge >= 0.3 is 0 Å². The number of hydrogen-bond donors (Lipinski definition) is 1. The molecular weight excluding hydrogens is 334 g/mol. The zero-order valence-corrected chi connectivity index (χ0v) is 17.8. The van der Waals surface area contributed by atoms with Crippen molar-refractivity contribution in [1.82, 2.24) is 0 Å². The van der Waals surface area contributed by atoms with Crippen LogP contribution in [0.1, 0.15) is 55.4 Å². The average Bonchev–Trinajstić information content (AvgIpc) is 2.50. The monoisotopic (exact) mass is 365 g/mol. The first kappa shape index (κ1) is 20.9. The van der Waals surface area contributed by atoms with Crippen LogP contribution in [0.15, 0.2) is 69.5 Å². The molecule has 0 unspecified atom stereocenters. The van der Waals surface area contributed by atoms with Crippen LogP contribution in [-0.4, -0.2) is 11.6 Å². The van der Waals surface area contributed by atoms with Crippen molar-refractivity contribution in [3.05, 3.63) is 69.5 Å². The normalized spacial score (nSPS) is 22.3. The number of hydrogen-bond acceptors (Lipinski definition) is 3. The Hall–Kier alpha value is -2.42. The predicted octanol–water partition coefficient (Wildman–Crippen LogP) is 5.13. The molecular formula is C24H31NO2. The molecule has 27 heavy (non-hydrogen) atoms. The van der Waals surface area contributed by atoms with Crippen molar-refractivity contribution in [2.24, 2.45) is 16.6 Å². The Bertz CT molecular complexity index is 886. The van der Waals surface area contributed by atoms with Crippen molar-refractivity contribution in [2.45, 2.75) is 55.4 Å². The molecule has 0 spiro atoms. The lowest BCUT2D eigenvalue weighted by Gasteiger charge is -2.26. The van der Waals surface area contributed by atoms with Gasteiger partial charge < -0.3 is 5.73 Å². The second-order valence-corrected chi connectivity index (χ2v) is 9.48. The third kappa shape index (κ3) is 4.47. The molecule has 0 radical (unpaired) electrons. The number of carbonyl (C=O) groups excluding carboxylic acids is 2. The van der Waals surface area contributed by atoms with Gasteiger partial charge in [0.05, 0.1) is 0 Å². The molecule has 0 aliphatic heterocycles. The van der Waals surface area contributed by atoms with Crippen molar-refractivity contribution in [3.8, 4) is 0 Å². The smallest absolute Gasteiger partial charge is 0.185 e. The highest BCUT2D eigenvalue weighted by molar-refractivity contribution is 6.11. The highest BCUT2D eigenvalue weighted by Crippen LogP contribution is 2.35. The van der Waals surface area contributed by atoms with Crippen molar-refractivity contribution in [3.63, 3.8) is 0 Å². The van der Waals surface area contributed by atoms with Gasteiger partial charge in [-0.15, -0.1) is 0 Å². The van der Waals surface area contributed by atoms with E-state index < -0.39 is 0 Å². The van der Waals surface area contributed by atoms with E-state index in [0.717, 1.165) is 22.3 Å². The summed E-state index contributed by atoms with van der Waals surface area (Å²) in [6.45, 7) is 15.8. The number of Topliss-reactive ketones (excluding diaryl/α,β-unsaturated/α-hetero) is 2. The molecule has 0 fully saturated rings. The van der Waals surface area contributed by atoms with Crippen LogP contribution in [0.2, 0.25) is 0 Å². The molecule has 144 valence electrons. The van der Waals surface area contributed by atoms with Crippen LogP contribution >= 0.6 is 0 Å². The van der Waals surface area contributed by atoms with Gasteiger partial charge in [0.2, 0.25) is 0 Å². The van der Waals surface area contributed by atoms with Crippen LogP contribution in [-0.2, 0) is 9.59 Å². The Morgan fingerprint density at radius 1 is 0.778 bits per heavy atom. The molecule has 0 aromatic heterocycles. The summed E-state index contributed by atoms with van der Waals surface area (Å²) in [7, 11) is 0. The summed E-state index contributed by atoms with van der Waals surface area (Å²) in [5.74, 6) is 0.153. The molecule has 3 nitrogen and oxygen atoms in total. The van der Waals surface area contributed by atoms with Crippen LogP contribution in [0, 0.1) is 10.8 Å². The van der Waals surface area contributed by atoms with Crippen LogP contribution in [0.3, 0.4) is 0 Å². The summed E-state index contributed by atoms with van der Waals surface area (Å²) >= 11 is 0. The van der Waals surface area contributed by atoms with E-state index >= 15 is 0 Å². The number of nitrogens with two attached hydrogens (primary N) is 1. The number of rotatable bonds is 1. The molecule has 0 amide bonds. The van der Waals surface area contributed by atoms with Gasteiger partial charge in [0.15, 0.2) is 11.6 Å². The molecule has 0 aromatic carbocycles. The quantitative estimate of drug-likeness (QED) is 0.701. The summed E-state index contributed by atoms with van der Waals surface area (Å²) in [5, 5.41) is 0. The minimum absolute atomic E-state index is 0.0700. The maximum atomic E-state index is 12.5. The van der Waals surface area contributed by atoms with Gasteiger partial charge in [0.1, 0.15) is 0 Å². The van der Waals surface area contributed by atoms with E-state index in [9.17, 15) is 9.59 Å². The first-order valence-corrected chi connectivity index (χ1v) is 9.33. The largest absolute Gasteiger partial charge is 0.398 e. The Balaban J connectivity index is 2.58. The maximum absolute atomic E-state index is 12.5. The summed E-state index contributed by atoms with van der Waals surface area (Å²) in [5.41, 5.74) is 11.2. The Morgan fingerprint density at radius 3 is 1.70 bits per heavy atom. The molecule has 0 saturated carbocycles. The lowest BCUT2D eigenvalue weighted by molar-refractivity contribution is -0.113. The molecule has 2 aliphatic rings. The summed E-state index contributed by atoms with van der Waals surface area (Å²) in [6, 6.07) is 0. The molecule has 0 saturated heterocycles. The topological polar surface area (TPSA) is 60.2 Å². The van der Waals surface area contributed by atoms with Crippen LogP contribution < -0.4 is 5.73 Å². The van der Waals surface area contributed by atoms with E-state index in [1.165, 1.54) is 0 Å². The summed E-state index contributed by atoms with van der Waals surface area (Å²) in [4.78, 5) is 25.0. The molecule has 3 heteroatoms. The van der Waals surface area contributed by atoms with Crippen LogP contribution in [0.4, 0.5) is 0 Å². The highest BCUT2D eigenvalue weighted by Gasteiger charge is 2.29. The van der Waals surface area contributed by atoms with Gasteiger partial charge in [-0.25, -0.2) is 0 Å². The van der Waals surface area contributed by atoms with E-state index in [0.29, 0.717) is 16.8 Å². The van der Waals surface area contributed by atoms with Gasteiger partial charge in [0.25, 0.3) is 0 Å². The minimum atomic E-state index is -0.252. The van der Waals surface area contributed by atoms with Gasteiger partial charge in [0, 0.05) is 16.8 Å².